The summed E-state index contributed by atoms with van der Waals surface area (Å²) in [4.78, 5) is 12.0. The van der Waals surface area contributed by atoms with Gasteiger partial charge >= 0.3 is 0 Å². The Balaban J connectivity index is 2.69. The van der Waals surface area contributed by atoms with Crippen molar-refractivity contribution < 1.29 is 18.7 Å². The zero-order valence-electron chi connectivity index (χ0n) is 7.41. The van der Waals surface area contributed by atoms with Gasteiger partial charge in [-0.05, 0) is 0 Å². The maximum atomic E-state index is 12.8. The highest BCUT2D eigenvalue weighted by atomic mass is 19.3. The van der Waals surface area contributed by atoms with E-state index in [1.807, 2.05) is 0 Å². The fourth-order valence-electron chi connectivity index (χ4n) is 1.52. The Kier molecular flexibility index (Phi) is 3.01. The average molecular weight is 204 g/mol. The van der Waals surface area contributed by atoms with Gasteiger partial charge < -0.3 is 10.0 Å². The summed E-state index contributed by atoms with van der Waals surface area (Å²) in [6.07, 6.45) is -0.951. The molecule has 0 aromatic heterocycles. The predicted octanol–water partition coefficient (Wildman–Crippen LogP) is 0.129. The van der Waals surface area contributed by atoms with Gasteiger partial charge in [-0.1, -0.05) is 0 Å². The topological polar surface area (TPSA) is 64.3 Å². The first-order valence-electron chi connectivity index (χ1n) is 4.15. The molecule has 0 bridgehead atoms. The van der Waals surface area contributed by atoms with E-state index in [1.165, 1.54) is 0 Å². The van der Waals surface area contributed by atoms with Crippen molar-refractivity contribution in [1.29, 1.82) is 5.26 Å². The molecule has 1 saturated heterocycles. The molecule has 78 valence electrons. The van der Waals surface area contributed by atoms with Crippen LogP contribution in [0, 0.1) is 11.3 Å². The van der Waals surface area contributed by atoms with Crippen molar-refractivity contribution in [3.63, 3.8) is 0 Å². The number of carbonyl (C=O) groups is 1. The number of aliphatic hydroxyl groups is 1. The lowest BCUT2D eigenvalue weighted by Crippen LogP contribution is -2.38. The van der Waals surface area contributed by atoms with E-state index in [-0.39, 0.29) is 0 Å². The van der Waals surface area contributed by atoms with E-state index >= 15 is 0 Å². The van der Waals surface area contributed by atoms with Gasteiger partial charge in [0.05, 0.1) is 25.3 Å². The van der Waals surface area contributed by atoms with E-state index in [9.17, 15) is 13.6 Å². The van der Waals surface area contributed by atoms with Crippen LogP contribution >= 0.6 is 0 Å². The fraction of sp³-hybridized carbons (Fsp3) is 0.750. The van der Waals surface area contributed by atoms with E-state index in [2.05, 4.69) is 0 Å². The van der Waals surface area contributed by atoms with Gasteiger partial charge in [0, 0.05) is 6.42 Å². The first-order valence-corrected chi connectivity index (χ1v) is 4.15. The zero-order chi connectivity index (χ0) is 10.8. The minimum Gasteiger partial charge on any atom is -0.394 e. The average Bonchev–Trinajstić information content (AvgIpc) is 2.41. The molecule has 0 radical (unpaired) electrons. The number of rotatable bonds is 2. The van der Waals surface area contributed by atoms with Crippen LogP contribution in [0.1, 0.15) is 12.8 Å². The molecule has 0 aliphatic carbocycles. The Bertz CT molecular complexity index is 275. The normalized spacial score (nSPS) is 24.7. The molecule has 0 saturated carbocycles. The molecule has 1 amide bonds. The number of hydrogen-bond donors (Lipinski definition) is 1. The van der Waals surface area contributed by atoms with Gasteiger partial charge in [-0.3, -0.25) is 4.79 Å². The van der Waals surface area contributed by atoms with E-state index < -0.39 is 43.9 Å². The Morgan fingerprint density at radius 1 is 1.71 bits per heavy atom. The summed E-state index contributed by atoms with van der Waals surface area (Å²) >= 11 is 0. The van der Waals surface area contributed by atoms with Crippen LogP contribution in [-0.4, -0.2) is 41.0 Å². The molecule has 1 heterocycles. The second-order valence-electron chi connectivity index (χ2n) is 3.25. The third-order valence-electron chi connectivity index (χ3n) is 2.14. The van der Waals surface area contributed by atoms with E-state index in [0.717, 1.165) is 4.90 Å². The lowest BCUT2D eigenvalue weighted by Gasteiger charge is -2.20. The van der Waals surface area contributed by atoms with Crippen LogP contribution in [0.15, 0.2) is 0 Å². The molecule has 4 nitrogen and oxygen atoms in total. The SMILES string of the molecule is N#CCC(=O)N1CC(F)(F)C[C@@H]1CO. The smallest absolute Gasteiger partial charge is 0.267 e. The number of hydrogen-bond acceptors (Lipinski definition) is 3. The zero-order valence-corrected chi connectivity index (χ0v) is 7.41. The number of carbonyl (C=O) groups excluding carboxylic acids is 1. The summed E-state index contributed by atoms with van der Waals surface area (Å²) in [6.45, 7) is -1.19. The van der Waals surface area contributed by atoms with Crippen LogP contribution in [0.2, 0.25) is 0 Å². The van der Waals surface area contributed by atoms with Gasteiger partial charge in [0.25, 0.3) is 5.92 Å². The molecule has 1 fully saturated rings. The Morgan fingerprint density at radius 2 is 2.36 bits per heavy atom. The van der Waals surface area contributed by atoms with E-state index in [4.69, 9.17) is 10.4 Å². The maximum Gasteiger partial charge on any atom is 0.267 e. The molecular formula is C8H10F2N2O2. The summed E-state index contributed by atoms with van der Waals surface area (Å²) in [6, 6.07) is 0.743. The van der Waals surface area contributed by atoms with Gasteiger partial charge in [0.2, 0.25) is 5.91 Å². The van der Waals surface area contributed by atoms with Crippen LogP contribution in [0.4, 0.5) is 8.78 Å². The third kappa shape index (κ3) is 2.17. The number of likely N-dealkylation sites (tertiary alicyclic amines) is 1. The highest BCUT2D eigenvalue weighted by Gasteiger charge is 2.46. The lowest BCUT2D eigenvalue weighted by atomic mass is 10.2. The molecule has 1 aliphatic heterocycles. The Hall–Kier alpha value is -1.22. The van der Waals surface area contributed by atoms with Crippen molar-refractivity contribution in [2.24, 2.45) is 0 Å². The number of alkyl halides is 2. The second-order valence-corrected chi connectivity index (χ2v) is 3.25. The molecule has 1 aliphatic rings. The minimum atomic E-state index is -2.95. The van der Waals surface area contributed by atoms with Gasteiger partial charge in [-0.15, -0.1) is 0 Å². The van der Waals surface area contributed by atoms with Crippen LogP contribution in [0.5, 0.6) is 0 Å². The molecule has 0 aromatic rings. The largest absolute Gasteiger partial charge is 0.394 e. The summed E-state index contributed by atoms with van der Waals surface area (Å²) in [5.74, 6) is -3.60. The first-order chi connectivity index (χ1) is 6.50. The molecular weight excluding hydrogens is 194 g/mol. The second kappa shape index (κ2) is 3.88. The molecule has 6 heteroatoms. The van der Waals surface area contributed by atoms with E-state index in [0.29, 0.717) is 0 Å². The van der Waals surface area contributed by atoms with Crippen molar-refractivity contribution >= 4 is 5.91 Å². The van der Waals surface area contributed by atoms with Crippen molar-refractivity contribution in [2.45, 2.75) is 24.8 Å². The molecule has 1 N–H and O–H groups in total. The highest BCUT2D eigenvalue weighted by molar-refractivity contribution is 5.79. The number of amides is 1. The summed E-state index contributed by atoms with van der Waals surface area (Å²) < 4.78 is 25.7. The summed E-state index contributed by atoms with van der Waals surface area (Å²) in [5.41, 5.74) is 0. The van der Waals surface area contributed by atoms with Gasteiger partial charge in [-0.25, -0.2) is 8.78 Å². The van der Waals surface area contributed by atoms with Gasteiger partial charge in [-0.2, -0.15) is 5.26 Å². The molecule has 1 rings (SSSR count). The maximum absolute atomic E-state index is 12.8. The Morgan fingerprint density at radius 3 is 2.86 bits per heavy atom. The molecule has 0 unspecified atom stereocenters. The van der Waals surface area contributed by atoms with Crippen molar-refractivity contribution in [3.05, 3.63) is 0 Å². The van der Waals surface area contributed by atoms with Crippen LogP contribution in [0.3, 0.4) is 0 Å². The quantitative estimate of drug-likeness (QED) is 0.695. The molecule has 1 atom stereocenters. The Labute approximate surface area is 79.7 Å². The number of nitriles is 1. The standard InChI is InChI=1S/C8H10F2N2O2/c9-8(10)3-6(4-13)12(5-8)7(14)1-2-11/h6,13H,1,3-5H2/t6-/m1/s1. The van der Waals surface area contributed by atoms with Crippen LogP contribution in [0.25, 0.3) is 0 Å². The van der Waals surface area contributed by atoms with Gasteiger partial charge in [0.1, 0.15) is 6.42 Å². The van der Waals surface area contributed by atoms with Gasteiger partial charge in [0.15, 0.2) is 0 Å². The molecule has 0 spiro atoms. The third-order valence-corrected chi connectivity index (χ3v) is 2.14. The number of halogens is 2. The summed E-state index contributed by atoms with van der Waals surface area (Å²) in [7, 11) is 0. The summed E-state index contributed by atoms with van der Waals surface area (Å²) in [5, 5.41) is 17.0. The number of aliphatic hydroxyl groups excluding tert-OH is 1. The first kappa shape index (κ1) is 10.9. The van der Waals surface area contributed by atoms with Crippen molar-refractivity contribution in [2.75, 3.05) is 13.2 Å². The monoisotopic (exact) mass is 204 g/mol. The van der Waals surface area contributed by atoms with Crippen molar-refractivity contribution in [1.82, 2.24) is 4.90 Å². The van der Waals surface area contributed by atoms with Crippen LogP contribution < -0.4 is 0 Å². The fourth-order valence-corrected chi connectivity index (χ4v) is 1.52. The highest BCUT2D eigenvalue weighted by Crippen LogP contribution is 2.31. The molecule has 14 heavy (non-hydrogen) atoms. The van der Waals surface area contributed by atoms with Crippen molar-refractivity contribution in [3.8, 4) is 6.07 Å². The van der Waals surface area contributed by atoms with E-state index in [1.54, 1.807) is 6.07 Å². The lowest BCUT2D eigenvalue weighted by molar-refractivity contribution is -0.132. The van der Waals surface area contributed by atoms with Crippen LogP contribution in [-0.2, 0) is 4.79 Å². The predicted molar refractivity (Wildman–Crippen MR) is 42.4 cm³/mol. The minimum absolute atomic E-state index is 0.424. The number of nitrogens with zero attached hydrogens (tertiary/aromatic N) is 2. The molecule has 0 aromatic carbocycles.